The van der Waals surface area contributed by atoms with Crippen molar-refractivity contribution in [1.29, 1.82) is 0 Å². The molecule has 3 rings (SSSR count). The van der Waals surface area contributed by atoms with Crippen molar-refractivity contribution in [3.05, 3.63) is 45.1 Å². The number of hydrogen-bond donors (Lipinski definition) is 0. The Hall–Kier alpha value is -1.73. The van der Waals surface area contributed by atoms with Crippen molar-refractivity contribution in [3.8, 4) is 0 Å². The lowest BCUT2D eigenvalue weighted by molar-refractivity contribution is -0.130. The van der Waals surface area contributed by atoms with Crippen LogP contribution in [0.5, 0.6) is 0 Å². The molecule has 7 heteroatoms. The van der Waals surface area contributed by atoms with Crippen molar-refractivity contribution in [2.24, 2.45) is 18.0 Å². The summed E-state index contributed by atoms with van der Waals surface area (Å²) >= 11 is 4.78. The standard InChI is InChI=1S/C15H14BrN3O2S/c1-18-7-8-22-15(18)17-13(20)12-5-6-19(14(12)21)11-4-2-3-10(16)9-11/h2-4,7-9,12H,5-6H2,1H3. The van der Waals surface area contributed by atoms with Gasteiger partial charge in [-0.15, -0.1) is 11.3 Å². The van der Waals surface area contributed by atoms with E-state index in [-0.39, 0.29) is 11.8 Å². The highest BCUT2D eigenvalue weighted by atomic mass is 79.9. The van der Waals surface area contributed by atoms with Crippen LogP contribution in [0.2, 0.25) is 0 Å². The first-order chi connectivity index (χ1) is 10.6. The predicted molar refractivity (Wildman–Crippen MR) is 88.5 cm³/mol. The van der Waals surface area contributed by atoms with Gasteiger partial charge < -0.3 is 9.47 Å². The van der Waals surface area contributed by atoms with Gasteiger partial charge >= 0.3 is 0 Å². The Morgan fingerprint density at radius 3 is 2.95 bits per heavy atom. The maximum Gasteiger partial charge on any atom is 0.260 e. The van der Waals surface area contributed by atoms with Crippen molar-refractivity contribution >= 4 is 44.8 Å². The third-order valence-corrected chi connectivity index (χ3v) is 4.93. The van der Waals surface area contributed by atoms with E-state index in [1.165, 1.54) is 11.3 Å². The first-order valence-electron chi connectivity index (χ1n) is 6.82. The molecule has 0 N–H and O–H groups in total. The summed E-state index contributed by atoms with van der Waals surface area (Å²) in [5, 5.41) is 1.86. The number of hydrogen-bond acceptors (Lipinski definition) is 3. The van der Waals surface area contributed by atoms with E-state index in [0.717, 1.165) is 10.2 Å². The Kier molecular flexibility index (Phi) is 4.26. The highest BCUT2D eigenvalue weighted by molar-refractivity contribution is 9.10. The Morgan fingerprint density at radius 1 is 1.45 bits per heavy atom. The van der Waals surface area contributed by atoms with Crippen molar-refractivity contribution in [2.75, 3.05) is 11.4 Å². The van der Waals surface area contributed by atoms with E-state index >= 15 is 0 Å². The van der Waals surface area contributed by atoms with Gasteiger partial charge in [0.1, 0.15) is 5.92 Å². The molecule has 2 heterocycles. The maximum atomic E-state index is 12.5. The van der Waals surface area contributed by atoms with Gasteiger partial charge in [-0.2, -0.15) is 4.99 Å². The summed E-state index contributed by atoms with van der Waals surface area (Å²) in [4.78, 5) is 31.1. The van der Waals surface area contributed by atoms with Gasteiger partial charge in [-0.3, -0.25) is 9.59 Å². The number of benzene rings is 1. The second-order valence-corrected chi connectivity index (χ2v) is 6.85. The summed E-state index contributed by atoms with van der Waals surface area (Å²) < 4.78 is 2.68. The van der Waals surface area contributed by atoms with Crippen LogP contribution >= 0.6 is 27.3 Å². The minimum absolute atomic E-state index is 0.175. The van der Waals surface area contributed by atoms with E-state index in [1.807, 2.05) is 42.9 Å². The fourth-order valence-corrected chi connectivity index (χ4v) is 3.54. The van der Waals surface area contributed by atoms with Gasteiger partial charge in [-0.1, -0.05) is 22.0 Å². The number of carbonyl (C=O) groups is 2. The fourth-order valence-electron chi connectivity index (χ4n) is 2.42. The van der Waals surface area contributed by atoms with Gasteiger partial charge in [0, 0.05) is 35.3 Å². The summed E-state index contributed by atoms with van der Waals surface area (Å²) in [6, 6.07) is 7.52. The zero-order valence-electron chi connectivity index (χ0n) is 11.9. The van der Waals surface area contributed by atoms with Crippen LogP contribution in [-0.2, 0) is 16.6 Å². The highest BCUT2D eigenvalue weighted by Gasteiger charge is 2.37. The fraction of sp³-hybridized carbons (Fsp3) is 0.267. The lowest BCUT2D eigenvalue weighted by Gasteiger charge is -2.16. The minimum Gasteiger partial charge on any atom is -0.327 e. The Bertz CT molecular complexity index is 796. The highest BCUT2D eigenvalue weighted by Crippen LogP contribution is 2.27. The van der Waals surface area contributed by atoms with Crippen molar-refractivity contribution in [3.63, 3.8) is 0 Å². The maximum absolute atomic E-state index is 12.5. The number of nitrogens with zero attached hydrogens (tertiary/aromatic N) is 3. The molecule has 0 aliphatic carbocycles. The molecule has 1 aromatic heterocycles. The number of carbonyl (C=O) groups excluding carboxylic acids is 2. The molecule has 1 fully saturated rings. The first kappa shape index (κ1) is 15.2. The number of halogens is 1. The number of aromatic nitrogens is 1. The van der Waals surface area contributed by atoms with Gasteiger partial charge in [-0.25, -0.2) is 0 Å². The van der Waals surface area contributed by atoms with Crippen LogP contribution < -0.4 is 9.70 Å². The molecule has 0 bridgehead atoms. The third kappa shape index (κ3) is 2.91. The summed E-state index contributed by atoms with van der Waals surface area (Å²) in [6.07, 6.45) is 2.34. The van der Waals surface area contributed by atoms with E-state index in [2.05, 4.69) is 20.9 Å². The molecule has 1 aliphatic rings. The van der Waals surface area contributed by atoms with Crippen LogP contribution in [-0.4, -0.2) is 22.9 Å². The lowest BCUT2D eigenvalue weighted by atomic mass is 10.1. The number of aryl methyl sites for hydroxylation is 1. The minimum atomic E-state index is -0.680. The van der Waals surface area contributed by atoms with Gasteiger partial charge in [0.05, 0.1) is 0 Å². The number of amides is 2. The first-order valence-corrected chi connectivity index (χ1v) is 8.49. The quantitative estimate of drug-likeness (QED) is 0.751. The molecule has 0 spiro atoms. The average Bonchev–Trinajstić information content (AvgIpc) is 3.05. The molecular formula is C15H14BrN3O2S. The van der Waals surface area contributed by atoms with E-state index in [9.17, 15) is 9.59 Å². The molecular weight excluding hydrogens is 366 g/mol. The van der Waals surface area contributed by atoms with E-state index in [0.29, 0.717) is 17.8 Å². The predicted octanol–water partition coefficient (Wildman–Crippen LogP) is 2.33. The number of anilines is 1. The molecule has 2 amide bonds. The summed E-state index contributed by atoms with van der Waals surface area (Å²) in [7, 11) is 1.83. The zero-order valence-corrected chi connectivity index (χ0v) is 14.3. The largest absolute Gasteiger partial charge is 0.327 e. The topological polar surface area (TPSA) is 54.7 Å². The number of rotatable bonds is 2. The van der Waals surface area contributed by atoms with Gasteiger partial charge in [0.25, 0.3) is 5.91 Å². The monoisotopic (exact) mass is 379 g/mol. The van der Waals surface area contributed by atoms with Crippen LogP contribution in [0, 0.1) is 5.92 Å². The third-order valence-electron chi connectivity index (χ3n) is 3.59. The normalized spacial score (nSPS) is 19.0. The number of thiazole rings is 1. The van der Waals surface area contributed by atoms with Crippen LogP contribution in [0.25, 0.3) is 0 Å². The molecule has 1 unspecified atom stereocenters. The smallest absolute Gasteiger partial charge is 0.260 e. The van der Waals surface area contributed by atoms with Crippen LogP contribution in [0.4, 0.5) is 5.69 Å². The van der Waals surface area contributed by atoms with Crippen LogP contribution in [0.1, 0.15) is 6.42 Å². The zero-order chi connectivity index (χ0) is 15.7. The molecule has 2 aromatic rings. The molecule has 22 heavy (non-hydrogen) atoms. The summed E-state index contributed by atoms with van der Waals surface area (Å²) in [5.74, 6) is -1.22. The van der Waals surface area contributed by atoms with E-state index < -0.39 is 5.92 Å². The van der Waals surface area contributed by atoms with Crippen LogP contribution in [0.15, 0.2) is 45.3 Å². The second kappa shape index (κ2) is 6.18. The molecule has 0 saturated carbocycles. The Morgan fingerprint density at radius 2 is 2.27 bits per heavy atom. The Balaban J connectivity index is 1.82. The molecule has 5 nitrogen and oxygen atoms in total. The molecule has 114 valence electrons. The second-order valence-electron chi connectivity index (χ2n) is 5.06. The van der Waals surface area contributed by atoms with Gasteiger partial charge in [-0.05, 0) is 24.6 Å². The molecule has 1 aliphatic heterocycles. The van der Waals surface area contributed by atoms with Crippen molar-refractivity contribution in [1.82, 2.24) is 4.57 Å². The molecule has 1 atom stereocenters. The summed E-state index contributed by atoms with van der Waals surface area (Å²) in [5.41, 5.74) is 0.802. The summed E-state index contributed by atoms with van der Waals surface area (Å²) in [6.45, 7) is 0.539. The molecule has 0 radical (unpaired) electrons. The SMILES string of the molecule is Cn1ccsc1=NC(=O)C1CCN(c2cccc(Br)c2)C1=O. The van der Waals surface area contributed by atoms with E-state index in [4.69, 9.17) is 0 Å². The van der Waals surface area contributed by atoms with Gasteiger partial charge in [0.15, 0.2) is 4.80 Å². The lowest BCUT2D eigenvalue weighted by Crippen LogP contribution is -2.30. The van der Waals surface area contributed by atoms with Gasteiger partial charge in [0.2, 0.25) is 5.91 Å². The molecule has 1 aromatic carbocycles. The van der Waals surface area contributed by atoms with Crippen molar-refractivity contribution < 1.29 is 9.59 Å². The van der Waals surface area contributed by atoms with Crippen LogP contribution in [0.3, 0.4) is 0 Å². The van der Waals surface area contributed by atoms with Crippen molar-refractivity contribution in [2.45, 2.75) is 6.42 Å². The van der Waals surface area contributed by atoms with E-state index in [1.54, 1.807) is 9.47 Å². The Labute approximate surface area is 140 Å². The average molecular weight is 380 g/mol. The molecule has 1 saturated heterocycles.